The minimum absolute atomic E-state index is 0.863. The van der Waals surface area contributed by atoms with Crippen LogP contribution in [0.4, 0.5) is 0 Å². The molecule has 0 radical (unpaired) electrons. The molecule has 0 atom stereocenters. The molecule has 1 rings (SSSR count). The number of hydrogen-bond donors (Lipinski definition) is 1. The highest BCUT2D eigenvalue weighted by Gasteiger charge is 2.18. The Morgan fingerprint density at radius 2 is 1.73 bits per heavy atom. The van der Waals surface area contributed by atoms with E-state index in [2.05, 4.69) is 11.9 Å². The van der Waals surface area contributed by atoms with E-state index in [1.807, 2.05) is 0 Å². The van der Waals surface area contributed by atoms with E-state index in [1.165, 1.54) is 64.5 Å². The van der Waals surface area contributed by atoms with Gasteiger partial charge in [0.05, 0.1) is 0 Å². The fraction of sp³-hybridized carbons (Fsp3) is 1.00. The lowest BCUT2D eigenvalue weighted by Gasteiger charge is -2.30. The summed E-state index contributed by atoms with van der Waals surface area (Å²) in [6.07, 6.45) is 11.1. The molecule has 0 aliphatic heterocycles. The molecule has 0 spiro atoms. The van der Waals surface area contributed by atoms with Crippen molar-refractivity contribution in [1.82, 2.24) is 4.90 Å². The fourth-order valence-electron chi connectivity index (χ4n) is 2.26. The van der Waals surface area contributed by atoms with Crippen LogP contribution in [0, 0.1) is 5.92 Å². The summed E-state index contributed by atoms with van der Waals surface area (Å²) in [6.45, 7) is 3.49. The zero-order valence-electron chi connectivity index (χ0n) is 10.4. The van der Waals surface area contributed by atoms with Crippen LogP contribution in [-0.4, -0.2) is 31.6 Å². The zero-order chi connectivity index (χ0) is 10.9. The van der Waals surface area contributed by atoms with E-state index in [9.17, 15) is 0 Å². The number of nitrogens with zero attached hydrogens (tertiary/aromatic N) is 1. The Morgan fingerprint density at radius 3 is 2.33 bits per heavy atom. The lowest BCUT2D eigenvalue weighted by molar-refractivity contribution is 0.203. The van der Waals surface area contributed by atoms with Gasteiger partial charge in [0.2, 0.25) is 0 Å². The molecule has 2 nitrogen and oxygen atoms in total. The molecular formula is C13H28N2. The van der Waals surface area contributed by atoms with Crippen LogP contribution in [0.5, 0.6) is 0 Å². The largest absolute Gasteiger partial charge is 0.330 e. The number of hydrogen-bond acceptors (Lipinski definition) is 2. The number of rotatable bonds is 9. The van der Waals surface area contributed by atoms with Crippen LogP contribution in [0.1, 0.15) is 51.4 Å². The van der Waals surface area contributed by atoms with Crippen LogP contribution in [0.2, 0.25) is 0 Å². The van der Waals surface area contributed by atoms with E-state index in [4.69, 9.17) is 5.73 Å². The Bertz CT molecular complexity index is 143. The molecule has 2 heteroatoms. The van der Waals surface area contributed by atoms with Crippen molar-refractivity contribution in [2.45, 2.75) is 51.4 Å². The minimum Gasteiger partial charge on any atom is -0.330 e. The first-order valence-electron chi connectivity index (χ1n) is 6.71. The predicted octanol–water partition coefficient (Wildman–Crippen LogP) is 2.63. The second-order valence-electron chi connectivity index (χ2n) is 5.12. The fourth-order valence-corrected chi connectivity index (χ4v) is 2.26. The molecule has 0 bridgehead atoms. The summed E-state index contributed by atoms with van der Waals surface area (Å²) in [4.78, 5) is 2.52. The molecule has 0 amide bonds. The highest BCUT2D eigenvalue weighted by atomic mass is 15.1. The van der Waals surface area contributed by atoms with Crippen LogP contribution in [0.3, 0.4) is 0 Å². The highest BCUT2D eigenvalue weighted by Crippen LogP contribution is 2.26. The molecule has 0 aromatic heterocycles. The van der Waals surface area contributed by atoms with Crippen molar-refractivity contribution in [3.05, 3.63) is 0 Å². The second kappa shape index (κ2) is 8.12. The third-order valence-corrected chi connectivity index (χ3v) is 3.54. The Balaban J connectivity index is 1.81. The van der Waals surface area contributed by atoms with Gasteiger partial charge in [0.1, 0.15) is 0 Å². The van der Waals surface area contributed by atoms with E-state index in [-0.39, 0.29) is 0 Å². The summed E-state index contributed by atoms with van der Waals surface area (Å²) in [5, 5.41) is 0. The normalized spacial score (nSPS) is 17.0. The van der Waals surface area contributed by atoms with Crippen LogP contribution in [0.15, 0.2) is 0 Å². The van der Waals surface area contributed by atoms with Gasteiger partial charge >= 0.3 is 0 Å². The molecule has 2 N–H and O–H groups in total. The molecule has 90 valence electrons. The van der Waals surface area contributed by atoms with E-state index in [0.29, 0.717) is 0 Å². The Hall–Kier alpha value is -0.0800. The van der Waals surface area contributed by atoms with Crippen LogP contribution >= 0.6 is 0 Å². The maximum atomic E-state index is 5.46. The molecule has 1 aliphatic rings. The maximum Gasteiger partial charge on any atom is 0.000661 e. The number of unbranched alkanes of at least 4 members (excludes halogenated alkanes) is 4. The van der Waals surface area contributed by atoms with Crippen molar-refractivity contribution in [3.8, 4) is 0 Å². The standard InChI is InChI=1S/C13H28N2/c1-15(12-13-8-7-9-13)11-6-4-2-3-5-10-14/h13H,2-12,14H2,1H3. The maximum absolute atomic E-state index is 5.46. The lowest BCUT2D eigenvalue weighted by atomic mass is 9.85. The summed E-state index contributed by atoms with van der Waals surface area (Å²) in [5.74, 6) is 1.02. The summed E-state index contributed by atoms with van der Waals surface area (Å²) in [6, 6.07) is 0. The molecule has 0 unspecified atom stereocenters. The van der Waals surface area contributed by atoms with Gasteiger partial charge in [-0.3, -0.25) is 0 Å². The molecule has 0 aromatic carbocycles. The molecule has 1 saturated carbocycles. The quantitative estimate of drug-likeness (QED) is 0.595. The predicted molar refractivity (Wildman–Crippen MR) is 67.0 cm³/mol. The topological polar surface area (TPSA) is 29.3 Å². The van der Waals surface area contributed by atoms with E-state index in [0.717, 1.165) is 12.5 Å². The summed E-state index contributed by atoms with van der Waals surface area (Å²) < 4.78 is 0. The van der Waals surface area contributed by atoms with Gasteiger partial charge < -0.3 is 10.6 Å². The summed E-state index contributed by atoms with van der Waals surface area (Å²) in [5.41, 5.74) is 5.46. The summed E-state index contributed by atoms with van der Waals surface area (Å²) in [7, 11) is 2.28. The van der Waals surface area contributed by atoms with Gasteiger partial charge in [-0.1, -0.05) is 25.7 Å². The smallest absolute Gasteiger partial charge is 0.000661 e. The lowest BCUT2D eigenvalue weighted by Crippen LogP contribution is -2.30. The van der Waals surface area contributed by atoms with E-state index >= 15 is 0 Å². The molecular weight excluding hydrogens is 184 g/mol. The van der Waals surface area contributed by atoms with Crippen molar-refractivity contribution in [1.29, 1.82) is 0 Å². The molecule has 0 aromatic rings. The van der Waals surface area contributed by atoms with Gasteiger partial charge in [0.15, 0.2) is 0 Å². The van der Waals surface area contributed by atoms with Crippen molar-refractivity contribution in [2.75, 3.05) is 26.7 Å². The van der Waals surface area contributed by atoms with Gasteiger partial charge in [-0.25, -0.2) is 0 Å². The van der Waals surface area contributed by atoms with Gasteiger partial charge in [0, 0.05) is 6.54 Å². The molecule has 1 aliphatic carbocycles. The number of nitrogens with two attached hydrogens (primary N) is 1. The van der Waals surface area contributed by atoms with E-state index < -0.39 is 0 Å². The first-order valence-corrected chi connectivity index (χ1v) is 6.71. The monoisotopic (exact) mass is 212 g/mol. The van der Waals surface area contributed by atoms with Gasteiger partial charge in [-0.15, -0.1) is 0 Å². The molecule has 1 fully saturated rings. The third kappa shape index (κ3) is 6.16. The first-order chi connectivity index (χ1) is 7.33. The second-order valence-corrected chi connectivity index (χ2v) is 5.12. The molecule has 15 heavy (non-hydrogen) atoms. The SMILES string of the molecule is CN(CCCCCCCN)CC1CCC1. The average Bonchev–Trinajstić information content (AvgIpc) is 2.17. The van der Waals surface area contributed by atoms with Crippen LogP contribution < -0.4 is 5.73 Å². The summed E-state index contributed by atoms with van der Waals surface area (Å²) >= 11 is 0. The van der Waals surface area contributed by atoms with Crippen molar-refractivity contribution < 1.29 is 0 Å². The zero-order valence-corrected chi connectivity index (χ0v) is 10.4. The minimum atomic E-state index is 0.863. The van der Waals surface area contributed by atoms with Crippen LogP contribution in [-0.2, 0) is 0 Å². The Kier molecular flexibility index (Phi) is 7.03. The van der Waals surface area contributed by atoms with Gasteiger partial charge in [0.25, 0.3) is 0 Å². The van der Waals surface area contributed by atoms with Crippen molar-refractivity contribution in [3.63, 3.8) is 0 Å². The van der Waals surface area contributed by atoms with Crippen LogP contribution in [0.25, 0.3) is 0 Å². The third-order valence-electron chi connectivity index (χ3n) is 3.54. The Morgan fingerprint density at radius 1 is 1.07 bits per heavy atom. The van der Waals surface area contributed by atoms with E-state index in [1.54, 1.807) is 0 Å². The molecule has 0 heterocycles. The van der Waals surface area contributed by atoms with Gasteiger partial charge in [-0.2, -0.15) is 0 Å². The van der Waals surface area contributed by atoms with Crippen molar-refractivity contribution >= 4 is 0 Å². The highest BCUT2D eigenvalue weighted by molar-refractivity contribution is 4.72. The van der Waals surface area contributed by atoms with Crippen molar-refractivity contribution in [2.24, 2.45) is 11.7 Å². The average molecular weight is 212 g/mol. The first kappa shape index (κ1) is 13.0. The Labute approximate surface area is 95.2 Å². The van der Waals surface area contributed by atoms with Gasteiger partial charge in [-0.05, 0) is 51.7 Å². The molecule has 0 saturated heterocycles.